The van der Waals surface area contributed by atoms with E-state index in [0.717, 1.165) is 0 Å². The van der Waals surface area contributed by atoms with Crippen LogP contribution in [0.5, 0.6) is 0 Å². The Morgan fingerprint density at radius 1 is 1.18 bits per heavy atom. The highest BCUT2D eigenvalue weighted by atomic mass is 32.1. The molecule has 0 aliphatic rings. The van der Waals surface area contributed by atoms with Gasteiger partial charge >= 0.3 is 0 Å². The van der Waals surface area contributed by atoms with Crippen molar-refractivity contribution in [3.8, 4) is 0 Å². The molecule has 0 spiro atoms. The molecule has 1 rings (SSSR count). The fraction of sp³-hybridized carbons (Fsp3) is 0.333. The fourth-order valence-corrected chi connectivity index (χ4v) is 0.757. The first-order valence-corrected chi connectivity index (χ1v) is 3.11. The van der Waals surface area contributed by atoms with Crippen molar-refractivity contribution in [2.24, 2.45) is 5.73 Å². The molecule has 0 aliphatic heterocycles. The van der Waals surface area contributed by atoms with Crippen LogP contribution in [0.1, 0.15) is 26.0 Å². The summed E-state index contributed by atoms with van der Waals surface area (Å²) in [5.41, 5.74) is 6.81. The van der Waals surface area contributed by atoms with Gasteiger partial charge in [0.1, 0.15) is 0 Å². The Labute approximate surface area is 76.1 Å². The van der Waals surface area contributed by atoms with Crippen molar-refractivity contribution < 1.29 is 0 Å². The van der Waals surface area contributed by atoms with Gasteiger partial charge in [-0.3, -0.25) is 0 Å². The van der Waals surface area contributed by atoms with Gasteiger partial charge < -0.3 is 5.73 Å². The highest BCUT2D eigenvalue weighted by Gasteiger charge is 1.93. The normalized spacial score (nSPS) is 10.7. The van der Waals surface area contributed by atoms with E-state index in [1.165, 1.54) is 5.56 Å². The third-order valence-corrected chi connectivity index (χ3v) is 1.33. The smallest absolute Gasteiger partial charge is 0.0266 e. The summed E-state index contributed by atoms with van der Waals surface area (Å²) < 4.78 is 0. The van der Waals surface area contributed by atoms with Crippen molar-refractivity contribution >= 4 is 13.5 Å². The Morgan fingerprint density at radius 2 is 1.64 bits per heavy atom. The van der Waals surface area contributed by atoms with Gasteiger partial charge in [0.05, 0.1) is 0 Å². The molecule has 1 aromatic carbocycles. The summed E-state index contributed by atoms with van der Waals surface area (Å²) in [4.78, 5) is 0. The lowest BCUT2D eigenvalue weighted by Gasteiger charge is -2.02. The SMILES string of the molecule is C.CC(N)c1ccccc1.S. The molecule has 1 unspecified atom stereocenters. The van der Waals surface area contributed by atoms with Gasteiger partial charge in [0.25, 0.3) is 0 Å². The summed E-state index contributed by atoms with van der Waals surface area (Å²) in [6.45, 7) is 1.98. The molecule has 1 nitrogen and oxygen atoms in total. The van der Waals surface area contributed by atoms with Gasteiger partial charge in [-0.2, -0.15) is 13.5 Å². The van der Waals surface area contributed by atoms with Crippen LogP contribution in [0.4, 0.5) is 0 Å². The fourth-order valence-electron chi connectivity index (χ4n) is 0.757. The third-order valence-electron chi connectivity index (χ3n) is 1.33. The van der Waals surface area contributed by atoms with E-state index in [4.69, 9.17) is 5.73 Å². The van der Waals surface area contributed by atoms with E-state index in [0.29, 0.717) is 0 Å². The monoisotopic (exact) mass is 171 g/mol. The molecule has 1 atom stereocenters. The van der Waals surface area contributed by atoms with E-state index in [-0.39, 0.29) is 27.0 Å². The zero-order chi connectivity index (χ0) is 6.69. The molecule has 0 saturated carbocycles. The van der Waals surface area contributed by atoms with Gasteiger partial charge in [-0.1, -0.05) is 37.8 Å². The van der Waals surface area contributed by atoms with E-state index in [2.05, 4.69) is 0 Å². The first-order chi connectivity index (χ1) is 4.30. The molecule has 2 N–H and O–H groups in total. The van der Waals surface area contributed by atoms with Gasteiger partial charge in [-0.25, -0.2) is 0 Å². The molecule has 0 saturated heterocycles. The van der Waals surface area contributed by atoms with Crippen molar-refractivity contribution in [1.82, 2.24) is 0 Å². The van der Waals surface area contributed by atoms with Crippen LogP contribution >= 0.6 is 13.5 Å². The van der Waals surface area contributed by atoms with Gasteiger partial charge in [-0.15, -0.1) is 0 Å². The minimum Gasteiger partial charge on any atom is -0.324 e. The largest absolute Gasteiger partial charge is 0.324 e. The van der Waals surface area contributed by atoms with Crippen molar-refractivity contribution in [1.29, 1.82) is 0 Å². The van der Waals surface area contributed by atoms with Crippen LogP contribution in [0, 0.1) is 0 Å². The Hall–Kier alpha value is -0.470. The molecule has 0 aliphatic carbocycles. The van der Waals surface area contributed by atoms with E-state index in [1.807, 2.05) is 37.3 Å². The van der Waals surface area contributed by atoms with Gasteiger partial charge in [0.2, 0.25) is 0 Å². The number of hydrogen-bond donors (Lipinski definition) is 1. The second-order valence-electron chi connectivity index (χ2n) is 2.20. The molecule has 0 aromatic heterocycles. The minimum atomic E-state index is 0. The molecular formula is C9H17NS. The lowest BCUT2D eigenvalue weighted by Crippen LogP contribution is -2.03. The number of hydrogen-bond acceptors (Lipinski definition) is 1. The Balaban J connectivity index is 0. The average molecular weight is 171 g/mol. The topological polar surface area (TPSA) is 26.0 Å². The maximum absolute atomic E-state index is 5.61. The lowest BCUT2D eigenvalue weighted by atomic mass is 10.1. The van der Waals surface area contributed by atoms with Crippen molar-refractivity contribution in [3.05, 3.63) is 35.9 Å². The average Bonchev–Trinajstić information content (AvgIpc) is 1.90. The van der Waals surface area contributed by atoms with E-state index < -0.39 is 0 Å². The molecule has 64 valence electrons. The van der Waals surface area contributed by atoms with E-state index in [1.54, 1.807) is 0 Å². The quantitative estimate of drug-likeness (QED) is 0.690. The summed E-state index contributed by atoms with van der Waals surface area (Å²) in [5, 5.41) is 0. The molecule has 0 amide bonds. The van der Waals surface area contributed by atoms with Crippen molar-refractivity contribution in [2.45, 2.75) is 20.4 Å². The minimum absolute atomic E-state index is 0. The summed E-state index contributed by atoms with van der Waals surface area (Å²) in [5.74, 6) is 0. The predicted octanol–water partition coefficient (Wildman–Crippen LogP) is 2.46. The lowest BCUT2D eigenvalue weighted by molar-refractivity contribution is 0.818. The van der Waals surface area contributed by atoms with Crippen LogP contribution in [0.15, 0.2) is 30.3 Å². The summed E-state index contributed by atoms with van der Waals surface area (Å²) >= 11 is 0. The molecule has 11 heavy (non-hydrogen) atoms. The highest BCUT2D eigenvalue weighted by molar-refractivity contribution is 7.59. The van der Waals surface area contributed by atoms with Crippen molar-refractivity contribution in [3.63, 3.8) is 0 Å². The summed E-state index contributed by atoms with van der Waals surface area (Å²) in [6, 6.07) is 10.2. The zero-order valence-electron chi connectivity index (χ0n) is 6.04. The molecule has 0 heterocycles. The Morgan fingerprint density at radius 3 is 1.91 bits per heavy atom. The van der Waals surface area contributed by atoms with E-state index >= 15 is 0 Å². The molecule has 0 fully saturated rings. The first-order valence-electron chi connectivity index (χ1n) is 3.11. The number of rotatable bonds is 1. The predicted molar refractivity (Wildman–Crippen MR) is 56.2 cm³/mol. The van der Waals surface area contributed by atoms with Crippen molar-refractivity contribution in [2.75, 3.05) is 0 Å². The first kappa shape index (κ1) is 13.1. The maximum Gasteiger partial charge on any atom is 0.0266 e. The third kappa shape index (κ3) is 4.06. The molecular weight excluding hydrogens is 154 g/mol. The Kier molecular flexibility index (Phi) is 7.47. The Bertz CT molecular complexity index is 172. The van der Waals surface area contributed by atoms with Gasteiger partial charge in [-0.05, 0) is 12.5 Å². The summed E-state index contributed by atoms with van der Waals surface area (Å²) in [6.07, 6.45) is 0. The van der Waals surface area contributed by atoms with E-state index in [9.17, 15) is 0 Å². The summed E-state index contributed by atoms with van der Waals surface area (Å²) in [7, 11) is 0. The second-order valence-corrected chi connectivity index (χ2v) is 2.20. The molecule has 2 heteroatoms. The molecule has 0 bridgehead atoms. The number of nitrogens with two attached hydrogens (primary N) is 1. The zero-order valence-corrected chi connectivity index (χ0v) is 7.04. The van der Waals surface area contributed by atoms with Gasteiger partial charge in [0, 0.05) is 6.04 Å². The van der Waals surface area contributed by atoms with Crippen LogP contribution in [-0.2, 0) is 0 Å². The molecule has 1 aromatic rings. The number of benzene rings is 1. The maximum atomic E-state index is 5.61. The van der Waals surface area contributed by atoms with Gasteiger partial charge in [0.15, 0.2) is 0 Å². The van der Waals surface area contributed by atoms with Crippen LogP contribution in [0.25, 0.3) is 0 Å². The molecule has 0 radical (unpaired) electrons. The van der Waals surface area contributed by atoms with Crippen LogP contribution in [0.2, 0.25) is 0 Å². The highest BCUT2D eigenvalue weighted by Crippen LogP contribution is 2.06. The van der Waals surface area contributed by atoms with Crippen LogP contribution in [0.3, 0.4) is 0 Å². The van der Waals surface area contributed by atoms with Crippen LogP contribution in [-0.4, -0.2) is 0 Å². The standard InChI is InChI=1S/C8H11N.CH4.H2S/c1-7(9)8-5-3-2-4-6-8;;/h2-7H,9H2,1H3;1H4;1H2. The van der Waals surface area contributed by atoms with Crippen LogP contribution < -0.4 is 5.73 Å². The second kappa shape index (κ2) is 6.25.